The molecule has 0 bridgehead atoms. The lowest BCUT2D eigenvalue weighted by Gasteiger charge is -2.37. The van der Waals surface area contributed by atoms with E-state index in [-0.39, 0.29) is 55.7 Å². The minimum atomic E-state index is -0.853. The molecule has 1 saturated heterocycles. The van der Waals surface area contributed by atoms with Crippen molar-refractivity contribution in [2.45, 2.75) is 123 Å². The summed E-state index contributed by atoms with van der Waals surface area (Å²) in [7, 11) is 0. The van der Waals surface area contributed by atoms with Crippen LogP contribution in [0.1, 0.15) is 99.0 Å². The van der Waals surface area contributed by atoms with Gasteiger partial charge in [-0.15, -0.1) is 0 Å². The number of nitrogens with one attached hydrogen (secondary N) is 2. The average molecular weight is 588 g/mol. The van der Waals surface area contributed by atoms with E-state index in [1.165, 1.54) is 19.3 Å². The molecule has 1 aliphatic heterocycles. The van der Waals surface area contributed by atoms with Crippen molar-refractivity contribution in [1.82, 2.24) is 15.5 Å². The Bertz CT molecular complexity index is 1020. The number of hydrogen-bond acceptors (Lipinski definition) is 6. The van der Waals surface area contributed by atoms with Crippen LogP contribution < -0.4 is 10.6 Å². The third kappa shape index (κ3) is 10.2. The molecule has 9 nitrogen and oxygen atoms in total. The van der Waals surface area contributed by atoms with E-state index >= 15 is 0 Å². The second-order valence-corrected chi connectivity index (χ2v) is 13.6. The number of carbonyl (C=O) groups is 3. The van der Waals surface area contributed by atoms with Crippen LogP contribution in [0.2, 0.25) is 0 Å². The molecule has 0 aromatic heterocycles. The fraction of sp³-hybridized carbons (Fsp3) is 0.727. The maximum absolute atomic E-state index is 13.5. The minimum Gasteiger partial charge on any atom is -0.445 e. The summed E-state index contributed by atoms with van der Waals surface area (Å²) in [6.45, 7) is 14.3. The highest BCUT2D eigenvalue weighted by atomic mass is 16.6. The predicted octanol–water partition coefficient (Wildman–Crippen LogP) is 6.40. The van der Waals surface area contributed by atoms with Crippen molar-refractivity contribution in [2.75, 3.05) is 13.1 Å². The van der Waals surface area contributed by atoms with Gasteiger partial charge in [0.1, 0.15) is 17.9 Å². The number of carbonyl (C=O) groups excluding carboxylic acids is 3. The van der Waals surface area contributed by atoms with Crippen LogP contribution in [0.4, 0.5) is 9.59 Å². The van der Waals surface area contributed by atoms with Gasteiger partial charge in [-0.1, -0.05) is 76.3 Å². The standard InChI is InChI=1S/C33H53N3O6/c1-23(2)26(29(37)34-18-19-35-30(38)40-22-25-16-12-9-13-17-25)21-28-27(20-24-14-10-8-11-15-24)36(33(6,7)41-28)31(39)42-32(3,4)5/h9,12-13,16-17,23-24,26-28H,8,10-11,14-15,18-22H2,1-7H3,(H,34,37)(H,35,38)/t26-,27-,28-/m0/s1. The Morgan fingerprint density at radius 1 is 1.02 bits per heavy atom. The number of alkyl carbamates (subject to hydrolysis) is 1. The van der Waals surface area contributed by atoms with Crippen molar-refractivity contribution in [2.24, 2.45) is 17.8 Å². The molecular weight excluding hydrogens is 534 g/mol. The monoisotopic (exact) mass is 587 g/mol. The molecule has 0 unspecified atom stereocenters. The Balaban J connectivity index is 1.61. The average Bonchev–Trinajstić information content (AvgIpc) is 3.17. The summed E-state index contributed by atoms with van der Waals surface area (Å²) in [5.74, 6) is 0.181. The van der Waals surface area contributed by atoms with E-state index in [4.69, 9.17) is 14.2 Å². The number of ether oxygens (including phenoxy) is 3. The normalized spacial score (nSPS) is 21.6. The first-order valence-corrected chi connectivity index (χ1v) is 15.7. The maximum Gasteiger partial charge on any atom is 0.412 e. The first kappa shape index (κ1) is 33.7. The molecule has 2 fully saturated rings. The zero-order chi connectivity index (χ0) is 30.9. The molecule has 1 aromatic carbocycles. The zero-order valence-corrected chi connectivity index (χ0v) is 26.7. The fourth-order valence-corrected chi connectivity index (χ4v) is 6.15. The van der Waals surface area contributed by atoms with E-state index in [1.54, 1.807) is 4.90 Å². The highest BCUT2D eigenvalue weighted by Gasteiger charge is 2.52. The number of nitrogens with zero attached hydrogens (tertiary/aromatic N) is 1. The number of hydrogen-bond donors (Lipinski definition) is 2. The van der Waals surface area contributed by atoms with Crippen LogP contribution in [-0.4, -0.2) is 59.6 Å². The summed E-state index contributed by atoms with van der Waals surface area (Å²) < 4.78 is 17.7. The molecule has 3 amide bonds. The van der Waals surface area contributed by atoms with Crippen LogP contribution >= 0.6 is 0 Å². The van der Waals surface area contributed by atoms with Gasteiger partial charge in [0.25, 0.3) is 0 Å². The molecule has 1 aromatic rings. The van der Waals surface area contributed by atoms with Gasteiger partial charge in [-0.25, -0.2) is 9.59 Å². The Labute approximate surface area is 252 Å². The Kier molecular flexibility index (Phi) is 12.1. The predicted molar refractivity (Wildman–Crippen MR) is 163 cm³/mol. The van der Waals surface area contributed by atoms with Gasteiger partial charge in [0.05, 0.1) is 12.1 Å². The molecule has 1 aliphatic carbocycles. The van der Waals surface area contributed by atoms with Crippen LogP contribution in [0, 0.1) is 17.8 Å². The lowest BCUT2D eigenvalue weighted by molar-refractivity contribution is -0.129. The van der Waals surface area contributed by atoms with Gasteiger partial charge in [-0.2, -0.15) is 0 Å². The maximum atomic E-state index is 13.5. The molecule has 1 heterocycles. The Morgan fingerprint density at radius 2 is 1.67 bits per heavy atom. The summed E-state index contributed by atoms with van der Waals surface area (Å²) in [4.78, 5) is 40.7. The topological polar surface area (TPSA) is 106 Å². The number of benzene rings is 1. The van der Waals surface area contributed by atoms with Gasteiger partial charge in [-0.3, -0.25) is 9.69 Å². The molecule has 0 radical (unpaired) electrons. The lowest BCUT2D eigenvalue weighted by Crippen LogP contribution is -2.51. The zero-order valence-electron chi connectivity index (χ0n) is 26.7. The Morgan fingerprint density at radius 3 is 2.29 bits per heavy atom. The van der Waals surface area contributed by atoms with E-state index in [2.05, 4.69) is 10.6 Å². The van der Waals surface area contributed by atoms with Crippen LogP contribution in [0.3, 0.4) is 0 Å². The molecule has 3 atom stereocenters. The molecule has 1 saturated carbocycles. The smallest absolute Gasteiger partial charge is 0.412 e. The second kappa shape index (κ2) is 15.1. The number of amides is 3. The largest absolute Gasteiger partial charge is 0.445 e. The molecular formula is C33H53N3O6. The first-order chi connectivity index (χ1) is 19.8. The van der Waals surface area contributed by atoms with E-state index in [1.807, 2.05) is 78.8 Å². The van der Waals surface area contributed by atoms with Gasteiger partial charge >= 0.3 is 12.2 Å². The summed E-state index contributed by atoms with van der Waals surface area (Å²) in [5.41, 5.74) is -0.567. The molecule has 2 aliphatic rings. The first-order valence-electron chi connectivity index (χ1n) is 15.7. The van der Waals surface area contributed by atoms with E-state index < -0.39 is 17.4 Å². The molecule has 0 spiro atoms. The van der Waals surface area contributed by atoms with Gasteiger partial charge < -0.3 is 24.8 Å². The highest BCUT2D eigenvalue weighted by Crippen LogP contribution is 2.41. The lowest BCUT2D eigenvalue weighted by atomic mass is 9.81. The summed E-state index contributed by atoms with van der Waals surface area (Å²) >= 11 is 0. The van der Waals surface area contributed by atoms with Crippen LogP contribution in [0.5, 0.6) is 0 Å². The van der Waals surface area contributed by atoms with Crippen molar-refractivity contribution in [3.63, 3.8) is 0 Å². The van der Waals surface area contributed by atoms with Gasteiger partial charge in [-0.05, 0) is 64.9 Å². The fourth-order valence-electron chi connectivity index (χ4n) is 6.15. The Hall–Kier alpha value is -2.81. The van der Waals surface area contributed by atoms with Gasteiger partial charge in [0.15, 0.2) is 0 Å². The van der Waals surface area contributed by atoms with Crippen molar-refractivity contribution in [1.29, 1.82) is 0 Å². The molecule has 9 heteroatoms. The molecule has 2 N–H and O–H groups in total. The second-order valence-electron chi connectivity index (χ2n) is 13.6. The van der Waals surface area contributed by atoms with E-state index in [0.717, 1.165) is 24.8 Å². The third-order valence-corrected chi connectivity index (χ3v) is 8.20. The van der Waals surface area contributed by atoms with Crippen molar-refractivity contribution < 1.29 is 28.6 Å². The summed E-state index contributed by atoms with van der Waals surface area (Å²) in [6.07, 6.45) is 6.14. The third-order valence-electron chi connectivity index (χ3n) is 8.20. The molecule has 3 rings (SSSR count). The van der Waals surface area contributed by atoms with Crippen LogP contribution in [0.15, 0.2) is 30.3 Å². The van der Waals surface area contributed by atoms with Gasteiger partial charge in [0, 0.05) is 19.0 Å². The summed E-state index contributed by atoms with van der Waals surface area (Å²) in [6, 6.07) is 9.30. The molecule has 236 valence electrons. The summed E-state index contributed by atoms with van der Waals surface area (Å²) in [5, 5.41) is 5.67. The minimum absolute atomic E-state index is 0.0615. The van der Waals surface area contributed by atoms with Crippen molar-refractivity contribution in [3.8, 4) is 0 Å². The van der Waals surface area contributed by atoms with Crippen molar-refractivity contribution >= 4 is 18.1 Å². The quantitative estimate of drug-likeness (QED) is 0.290. The molecule has 42 heavy (non-hydrogen) atoms. The highest BCUT2D eigenvalue weighted by molar-refractivity contribution is 5.79. The van der Waals surface area contributed by atoms with E-state index in [9.17, 15) is 14.4 Å². The number of rotatable bonds is 11. The van der Waals surface area contributed by atoms with Crippen molar-refractivity contribution in [3.05, 3.63) is 35.9 Å². The SMILES string of the molecule is CC(C)[C@H](C[C@@H]1OC(C)(C)N(C(=O)OC(C)(C)C)[C@H]1CC1CCCCC1)C(=O)NCCNC(=O)OCc1ccccc1. The van der Waals surface area contributed by atoms with Crippen LogP contribution in [0.25, 0.3) is 0 Å². The van der Waals surface area contributed by atoms with Crippen LogP contribution in [-0.2, 0) is 25.6 Å². The van der Waals surface area contributed by atoms with E-state index in [0.29, 0.717) is 12.3 Å². The van der Waals surface area contributed by atoms with Gasteiger partial charge in [0.2, 0.25) is 5.91 Å².